The molecule has 1 aromatic rings. The molecule has 0 spiro atoms. The molecule has 1 rings (SSSR count). The topological polar surface area (TPSA) is 114 Å². The Bertz CT molecular complexity index is 671. The fourth-order valence-corrected chi connectivity index (χ4v) is 2.22. The summed E-state index contributed by atoms with van der Waals surface area (Å²) in [4.78, 5) is 37.3. The van der Waals surface area contributed by atoms with E-state index in [9.17, 15) is 19.5 Å². The summed E-state index contributed by atoms with van der Waals surface area (Å²) in [5.41, 5.74) is 2.13. The molecular formula is C20H30N2O7. The normalized spacial score (nSPS) is 12.1. The van der Waals surface area contributed by atoms with Gasteiger partial charge < -0.3 is 19.3 Å². The predicted octanol–water partition coefficient (Wildman–Crippen LogP) is 2.77. The lowest BCUT2D eigenvalue weighted by Gasteiger charge is -2.30. The van der Waals surface area contributed by atoms with Gasteiger partial charge in [-0.25, -0.2) is 24.8 Å². The number of carbonyl (C=O) groups is 3. The maximum absolute atomic E-state index is 12.7. The van der Waals surface area contributed by atoms with E-state index in [-0.39, 0.29) is 13.0 Å². The third kappa shape index (κ3) is 9.29. The minimum absolute atomic E-state index is 0.0722. The molecule has 1 atom stereocenters. The number of aliphatic hydroxyl groups is 1. The Morgan fingerprint density at radius 1 is 1.14 bits per heavy atom. The minimum Gasteiger partial charge on any atom is -0.461 e. The predicted molar refractivity (Wildman–Crippen MR) is 105 cm³/mol. The van der Waals surface area contributed by atoms with Crippen molar-refractivity contribution in [2.45, 2.75) is 65.4 Å². The molecule has 0 aliphatic carbocycles. The van der Waals surface area contributed by atoms with Gasteiger partial charge in [0.15, 0.2) is 6.04 Å². The number of amides is 2. The van der Waals surface area contributed by atoms with Crippen molar-refractivity contribution in [3.63, 3.8) is 0 Å². The maximum atomic E-state index is 12.7. The standard InChI is InChI=1S/C20H30N2O7/c1-14(2)28-17(24)16(11-12-23)22(21-18(25)29-20(3,4)5)19(26)27-13-15-9-7-6-8-10-15/h6-10,14,16,23H,11-13H2,1-5H3,(H,21,25)/t16-/m0/s1. The lowest BCUT2D eigenvalue weighted by molar-refractivity contribution is -0.155. The van der Waals surface area contributed by atoms with Crippen molar-refractivity contribution in [3.8, 4) is 0 Å². The third-order valence-corrected chi connectivity index (χ3v) is 3.35. The van der Waals surface area contributed by atoms with Gasteiger partial charge in [0.25, 0.3) is 0 Å². The molecule has 0 aromatic heterocycles. The number of hydrogen-bond donors (Lipinski definition) is 2. The number of carbonyl (C=O) groups excluding carboxylic acids is 3. The van der Waals surface area contributed by atoms with Crippen molar-refractivity contribution >= 4 is 18.2 Å². The molecule has 29 heavy (non-hydrogen) atoms. The number of hydrogen-bond acceptors (Lipinski definition) is 7. The lowest BCUT2D eigenvalue weighted by atomic mass is 10.2. The van der Waals surface area contributed by atoms with E-state index in [4.69, 9.17) is 14.2 Å². The fourth-order valence-electron chi connectivity index (χ4n) is 2.22. The SMILES string of the molecule is CC(C)OC(=O)[C@H](CCO)N(NC(=O)OC(C)(C)C)C(=O)OCc1ccccc1. The van der Waals surface area contributed by atoms with Crippen molar-refractivity contribution in [3.05, 3.63) is 35.9 Å². The molecule has 0 aliphatic heterocycles. The summed E-state index contributed by atoms with van der Waals surface area (Å²) in [6.07, 6.45) is -2.55. The van der Waals surface area contributed by atoms with Crippen molar-refractivity contribution in [2.24, 2.45) is 0 Å². The van der Waals surface area contributed by atoms with Crippen LogP contribution in [-0.4, -0.2) is 52.6 Å². The van der Waals surface area contributed by atoms with Crippen LogP contribution in [0.5, 0.6) is 0 Å². The number of nitrogens with one attached hydrogen (secondary N) is 1. The number of nitrogens with zero attached hydrogens (tertiary/aromatic N) is 1. The van der Waals surface area contributed by atoms with Crippen molar-refractivity contribution in [2.75, 3.05) is 6.61 Å². The number of hydrazine groups is 1. The van der Waals surface area contributed by atoms with Gasteiger partial charge in [-0.15, -0.1) is 0 Å². The van der Waals surface area contributed by atoms with Gasteiger partial charge in [0.05, 0.1) is 6.10 Å². The van der Waals surface area contributed by atoms with Crippen LogP contribution < -0.4 is 5.43 Å². The first-order valence-corrected chi connectivity index (χ1v) is 9.34. The number of ether oxygens (including phenoxy) is 3. The Kier molecular flexibility index (Phi) is 9.40. The third-order valence-electron chi connectivity index (χ3n) is 3.35. The van der Waals surface area contributed by atoms with Crippen LogP contribution in [-0.2, 0) is 25.6 Å². The summed E-state index contributed by atoms with van der Waals surface area (Å²) >= 11 is 0. The first-order chi connectivity index (χ1) is 13.5. The van der Waals surface area contributed by atoms with Crippen LogP contribution in [0, 0.1) is 0 Å². The van der Waals surface area contributed by atoms with Crippen LogP contribution in [0.3, 0.4) is 0 Å². The Morgan fingerprint density at radius 3 is 2.28 bits per heavy atom. The van der Waals surface area contributed by atoms with Crippen molar-refractivity contribution in [1.29, 1.82) is 0 Å². The van der Waals surface area contributed by atoms with Gasteiger partial charge in [0.1, 0.15) is 12.2 Å². The molecule has 9 nitrogen and oxygen atoms in total. The van der Waals surface area contributed by atoms with Gasteiger partial charge in [-0.3, -0.25) is 0 Å². The minimum atomic E-state index is -1.29. The summed E-state index contributed by atoms with van der Waals surface area (Å²) in [5, 5.41) is 10.0. The molecule has 0 unspecified atom stereocenters. The molecule has 0 heterocycles. The highest BCUT2D eigenvalue weighted by molar-refractivity contribution is 5.83. The van der Waals surface area contributed by atoms with E-state index in [1.54, 1.807) is 58.9 Å². The van der Waals surface area contributed by atoms with E-state index < -0.39 is 42.5 Å². The van der Waals surface area contributed by atoms with Crippen LogP contribution >= 0.6 is 0 Å². The molecular weight excluding hydrogens is 380 g/mol. The average Bonchev–Trinajstić information content (AvgIpc) is 2.61. The van der Waals surface area contributed by atoms with Crippen LogP contribution in [0.1, 0.15) is 46.6 Å². The number of rotatable bonds is 7. The van der Waals surface area contributed by atoms with Crippen molar-refractivity contribution in [1.82, 2.24) is 10.4 Å². The summed E-state index contributed by atoms with van der Waals surface area (Å²) in [6.45, 7) is 7.77. The average molecular weight is 410 g/mol. The van der Waals surface area contributed by atoms with E-state index in [1.165, 1.54) is 0 Å². The van der Waals surface area contributed by atoms with E-state index in [1.807, 2.05) is 6.07 Å². The summed E-state index contributed by atoms with van der Waals surface area (Å²) in [5.74, 6) is -0.790. The van der Waals surface area contributed by atoms with E-state index in [0.717, 1.165) is 5.56 Å². The Labute approximate surface area is 170 Å². The summed E-state index contributed by atoms with van der Waals surface area (Å²) < 4.78 is 15.5. The second kappa shape index (κ2) is 11.3. The maximum Gasteiger partial charge on any atom is 0.429 e. The molecule has 2 amide bonds. The highest BCUT2D eigenvalue weighted by Gasteiger charge is 2.35. The van der Waals surface area contributed by atoms with Crippen LogP contribution in [0.15, 0.2) is 30.3 Å². The monoisotopic (exact) mass is 410 g/mol. The van der Waals surface area contributed by atoms with Crippen LogP contribution in [0.4, 0.5) is 9.59 Å². The molecule has 0 radical (unpaired) electrons. The van der Waals surface area contributed by atoms with Gasteiger partial charge >= 0.3 is 18.2 Å². The number of benzene rings is 1. The van der Waals surface area contributed by atoms with E-state index in [0.29, 0.717) is 5.01 Å². The molecule has 1 aromatic carbocycles. The number of aliphatic hydroxyl groups excluding tert-OH is 1. The van der Waals surface area contributed by atoms with Gasteiger partial charge in [0, 0.05) is 13.0 Å². The van der Waals surface area contributed by atoms with Crippen molar-refractivity contribution < 1.29 is 33.7 Å². The molecule has 0 fully saturated rings. The molecule has 0 saturated carbocycles. The first kappa shape index (κ1) is 24.2. The zero-order chi connectivity index (χ0) is 22.0. The van der Waals surface area contributed by atoms with Gasteiger partial charge in [-0.1, -0.05) is 30.3 Å². The number of esters is 1. The Hall–Kier alpha value is -2.81. The highest BCUT2D eigenvalue weighted by atomic mass is 16.6. The van der Waals surface area contributed by atoms with Gasteiger partial charge in [-0.05, 0) is 40.2 Å². The molecule has 2 N–H and O–H groups in total. The molecule has 0 aliphatic rings. The Balaban J connectivity index is 3.01. The van der Waals surface area contributed by atoms with Crippen LogP contribution in [0.2, 0.25) is 0 Å². The lowest BCUT2D eigenvalue weighted by Crippen LogP contribution is -2.56. The molecule has 9 heteroatoms. The smallest absolute Gasteiger partial charge is 0.429 e. The summed E-state index contributed by atoms with van der Waals surface area (Å²) in [7, 11) is 0. The molecule has 0 saturated heterocycles. The largest absolute Gasteiger partial charge is 0.461 e. The van der Waals surface area contributed by atoms with E-state index >= 15 is 0 Å². The zero-order valence-electron chi connectivity index (χ0n) is 17.5. The Morgan fingerprint density at radius 2 is 1.76 bits per heavy atom. The first-order valence-electron chi connectivity index (χ1n) is 9.34. The zero-order valence-corrected chi connectivity index (χ0v) is 17.5. The summed E-state index contributed by atoms with van der Waals surface area (Å²) in [6, 6.07) is 7.62. The highest BCUT2D eigenvalue weighted by Crippen LogP contribution is 2.12. The second-order valence-corrected chi connectivity index (χ2v) is 7.54. The molecule has 0 bridgehead atoms. The van der Waals surface area contributed by atoms with Gasteiger partial charge in [0.2, 0.25) is 0 Å². The van der Waals surface area contributed by atoms with Gasteiger partial charge in [-0.2, -0.15) is 0 Å². The quantitative estimate of drug-likeness (QED) is 0.403. The molecule has 162 valence electrons. The van der Waals surface area contributed by atoms with Crippen LogP contribution in [0.25, 0.3) is 0 Å². The fraction of sp³-hybridized carbons (Fsp3) is 0.550. The second-order valence-electron chi connectivity index (χ2n) is 7.54. The van der Waals surface area contributed by atoms with E-state index in [2.05, 4.69) is 5.43 Å².